The van der Waals surface area contributed by atoms with Crippen molar-refractivity contribution in [3.63, 3.8) is 0 Å². The molecule has 1 heterocycles. The first-order valence-corrected chi connectivity index (χ1v) is 9.39. The van der Waals surface area contributed by atoms with Gasteiger partial charge in [-0.05, 0) is 26.0 Å². The van der Waals surface area contributed by atoms with E-state index < -0.39 is 15.7 Å². The predicted octanol–water partition coefficient (Wildman–Crippen LogP) is 3.94. The highest BCUT2D eigenvalue weighted by molar-refractivity contribution is 7.18. The molecular weight excluding hydrogens is 383 g/mol. The Morgan fingerprint density at radius 2 is 2.04 bits per heavy atom. The molecule has 1 aromatic carbocycles. The van der Waals surface area contributed by atoms with Crippen molar-refractivity contribution in [1.82, 2.24) is 9.88 Å². The highest BCUT2D eigenvalue weighted by atomic mass is 35.5. The third kappa shape index (κ3) is 3.35. The van der Waals surface area contributed by atoms with Gasteiger partial charge in [-0.3, -0.25) is 9.59 Å². The van der Waals surface area contributed by atoms with Crippen LogP contribution in [0.2, 0.25) is 0 Å². The maximum Gasteiger partial charge on any atom is 0.315 e. The lowest BCUT2D eigenvalue weighted by atomic mass is 10.1. The van der Waals surface area contributed by atoms with Crippen LogP contribution in [0.3, 0.4) is 0 Å². The van der Waals surface area contributed by atoms with Gasteiger partial charge < -0.3 is 9.64 Å². The van der Waals surface area contributed by atoms with Gasteiger partial charge in [0.05, 0.1) is 16.3 Å². The Bertz CT molecular complexity index is 805. The molecule has 0 radical (unpaired) electrons. The van der Waals surface area contributed by atoms with Gasteiger partial charge in [0.15, 0.2) is 6.61 Å². The van der Waals surface area contributed by atoms with Crippen LogP contribution in [0.4, 0.5) is 0 Å². The summed E-state index contributed by atoms with van der Waals surface area (Å²) in [6.07, 6.45) is 0.327. The van der Waals surface area contributed by atoms with Gasteiger partial charge in [-0.2, -0.15) is 0 Å². The van der Waals surface area contributed by atoms with E-state index in [1.165, 1.54) is 4.90 Å². The summed E-state index contributed by atoms with van der Waals surface area (Å²) in [5, 5.41) is 0.832. The monoisotopic (exact) mass is 400 g/mol. The number of hydrogen-bond donors (Lipinski definition) is 0. The summed E-state index contributed by atoms with van der Waals surface area (Å²) < 4.78 is 5.08. The molecule has 0 spiro atoms. The molecule has 8 heteroatoms. The number of hydrogen-bond acceptors (Lipinski definition) is 5. The van der Waals surface area contributed by atoms with Crippen LogP contribution in [-0.2, 0) is 14.3 Å². The van der Waals surface area contributed by atoms with Gasteiger partial charge in [0.25, 0.3) is 5.91 Å². The van der Waals surface area contributed by atoms with Crippen LogP contribution < -0.4 is 0 Å². The van der Waals surface area contributed by atoms with Gasteiger partial charge in [-0.1, -0.05) is 12.1 Å². The lowest BCUT2D eigenvalue weighted by molar-refractivity contribution is -0.156. The number of esters is 1. The first-order chi connectivity index (χ1) is 11.7. The van der Waals surface area contributed by atoms with Crippen molar-refractivity contribution in [3.8, 4) is 0 Å². The predicted molar refractivity (Wildman–Crippen MR) is 98.9 cm³/mol. The topological polar surface area (TPSA) is 59.5 Å². The zero-order valence-corrected chi connectivity index (χ0v) is 16.4. The number of benzene rings is 1. The van der Waals surface area contributed by atoms with Crippen molar-refractivity contribution in [3.05, 3.63) is 29.3 Å². The third-order valence-electron chi connectivity index (χ3n) is 4.68. The van der Waals surface area contributed by atoms with E-state index in [1.807, 2.05) is 31.2 Å². The largest absolute Gasteiger partial charge is 0.455 e. The number of nitrogens with zero attached hydrogens (tertiary/aromatic N) is 2. The van der Waals surface area contributed by atoms with Gasteiger partial charge in [-0.15, -0.1) is 34.5 Å². The molecule has 134 valence electrons. The van der Waals surface area contributed by atoms with Crippen molar-refractivity contribution in [2.24, 2.45) is 5.41 Å². The highest BCUT2D eigenvalue weighted by Crippen LogP contribution is 2.64. The first kappa shape index (κ1) is 18.4. The summed E-state index contributed by atoms with van der Waals surface area (Å²) >= 11 is 13.4. The number of para-hydroxylation sites is 1. The van der Waals surface area contributed by atoms with E-state index in [9.17, 15) is 9.59 Å². The Morgan fingerprint density at radius 1 is 1.40 bits per heavy atom. The van der Waals surface area contributed by atoms with E-state index in [1.54, 1.807) is 25.3 Å². The van der Waals surface area contributed by atoms with Crippen molar-refractivity contribution in [2.45, 2.75) is 30.6 Å². The molecule has 0 bridgehead atoms. The number of thiazole rings is 1. The van der Waals surface area contributed by atoms with Crippen LogP contribution in [0.15, 0.2) is 24.3 Å². The average molecular weight is 401 g/mol. The van der Waals surface area contributed by atoms with E-state index in [0.29, 0.717) is 6.42 Å². The fourth-order valence-corrected chi connectivity index (χ4v) is 4.21. The number of fused-ring (bicyclic) bond motifs is 1. The minimum absolute atomic E-state index is 0.222. The second-order valence-electron chi connectivity index (χ2n) is 6.49. The van der Waals surface area contributed by atoms with E-state index in [4.69, 9.17) is 27.9 Å². The molecular formula is C17H18Cl2N2O3S. The number of amides is 1. The fraction of sp³-hybridized carbons (Fsp3) is 0.471. The van der Waals surface area contributed by atoms with Crippen LogP contribution in [0.25, 0.3) is 10.2 Å². The second-order valence-corrected chi connectivity index (χ2v) is 9.04. The molecule has 1 fully saturated rings. The van der Waals surface area contributed by atoms with Crippen LogP contribution in [0.5, 0.6) is 0 Å². The average Bonchev–Trinajstić information content (AvgIpc) is 2.94. The SMILES string of the molecule is C[C@H](c1nc2ccccc2s1)N(C)C(=O)COC(=O)[C@@]1(C)CC1(Cl)Cl. The molecule has 5 nitrogen and oxygen atoms in total. The van der Waals surface area contributed by atoms with Crippen molar-refractivity contribution < 1.29 is 14.3 Å². The molecule has 3 rings (SSSR count). The molecule has 1 aliphatic carbocycles. The first-order valence-electron chi connectivity index (χ1n) is 7.82. The van der Waals surface area contributed by atoms with Gasteiger partial charge in [0.1, 0.15) is 14.8 Å². The minimum Gasteiger partial charge on any atom is -0.455 e. The Morgan fingerprint density at radius 3 is 2.64 bits per heavy atom. The summed E-state index contributed by atoms with van der Waals surface area (Å²) in [4.78, 5) is 30.5. The number of halogens is 2. The summed E-state index contributed by atoms with van der Waals surface area (Å²) in [5.41, 5.74) is -0.0306. The van der Waals surface area contributed by atoms with E-state index >= 15 is 0 Å². The number of ether oxygens (including phenoxy) is 1. The maximum absolute atomic E-state index is 12.3. The molecule has 1 saturated carbocycles. The van der Waals surface area contributed by atoms with Gasteiger partial charge >= 0.3 is 5.97 Å². The Hall–Kier alpha value is -1.37. The minimum atomic E-state index is -1.10. The summed E-state index contributed by atoms with van der Waals surface area (Å²) in [6, 6.07) is 7.59. The Balaban J connectivity index is 1.61. The van der Waals surface area contributed by atoms with Crippen LogP contribution in [-0.4, -0.2) is 39.7 Å². The lowest BCUT2D eigenvalue weighted by Crippen LogP contribution is -2.34. The second kappa shape index (κ2) is 6.41. The van der Waals surface area contributed by atoms with Crippen LogP contribution in [0, 0.1) is 5.41 Å². The summed E-state index contributed by atoms with van der Waals surface area (Å²) in [6.45, 7) is 3.18. The van der Waals surface area contributed by atoms with Gasteiger partial charge in [0.2, 0.25) is 0 Å². The third-order valence-corrected chi connectivity index (χ3v) is 6.99. The van der Waals surface area contributed by atoms with Crippen molar-refractivity contribution in [2.75, 3.05) is 13.7 Å². The molecule has 0 N–H and O–H groups in total. The van der Waals surface area contributed by atoms with E-state index in [2.05, 4.69) is 4.98 Å². The van der Waals surface area contributed by atoms with Crippen molar-refractivity contribution >= 4 is 56.6 Å². The van der Waals surface area contributed by atoms with Crippen LogP contribution >= 0.6 is 34.5 Å². The van der Waals surface area contributed by atoms with Crippen LogP contribution in [0.1, 0.15) is 31.3 Å². The smallest absolute Gasteiger partial charge is 0.315 e. The zero-order valence-electron chi connectivity index (χ0n) is 14.1. The Kier molecular flexibility index (Phi) is 4.73. The number of rotatable bonds is 5. The Labute approximate surface area is 159 Å². The molecule has 1 amide bonds. The van der Waals surface area contributed by atoms with E-state index in [0.717, 1.165) is 15.2 Å². The van der Waals surface area contributed by atoms with Gasteiger partial charge in [0, 0.05) is 13.5 Å². The number of carbonyl (C=O) groups excluding carboxylic acids is 2. The molecule has 2 aromatic rings. The molecule has 1 aromatic heterocycles. The lowest BCUT2D eigenvalue weighted by Gasteiger charge is -2.23. The molecule has 25 heavy (non-hydrogen) atoms. The summed E-state index contributed by atoms with van der Waals surface area (Å²) in [7, 11) is 1.67. The standard InChI is InChI=1S/C17H18Cl2N2O3S/c1-10(14-20-11-6-4-5-7-12(11)25-14)21(3)13(22)8-24-15(23)16(2)9-17(16,18)19/h4-7,10H,8-9H2,1-3H3/t10-,16-/m1/s1. The molecule has 1 aliphatic rings. The molecule has 0 aliphatic heterocycles. The normalized spacial score (nSPS) is 22.4. The summed E-state index contributed by atoms with van der Waals surface area (Å²) in [5.74, 6) is -0.856. The highest BCUT2D eigenvalue weighted by Gasteiger charge is 2.69. The van der Waals surface area contributed by atoms with E-state index in [-0.39, 0.29) is 18.6 Å². The van der Waals surface area contributed by atoms with Gasteiger partial charge in [-0.25, -0.2) is 4.98 Å². The fourth-order valence-electron chi connectivity index (χ4n) is 2.46. The molecule has 0 unspecified atom stereocenters. The quantitative estimate of drug-likeness (QED) is 0.563. The van der Waals surface area contributed by atoms with Crippen molar-refractivity contribution in [1.29, 1.82) is 0 Å². The molecule has 2 atom stereocenters. The number of alkyl halides is 2. The number of aromatic nitrogens is 1. The maximum atomic E-state index is 12.3. The number of likely N-dealkylation sites (N-methyl/N-ethyl adjacent to an activating group) is 1. The molecule has 0 saturated heterocycles. The zero-order chi connectivity index (χ0) is 18.4. The number of carbonyl (C=O) groups is 2.